The van der Waals surface area contributed by atoms with Gasteiger partial charge in [-0.15, -0.1) is 0 Å². The molecule has 0 fully saturated rings. The zero-order valence-electron chi connectivity index (χ0n) is 16.5. The fraction of sp³-hybridized carbons (Fsp3) is 0.400. The van der Waals surface area contributed by atoms with Gasteiger partial charge in [-0.1, -0.05) is 60.7 Å². The van der Waals surface area contributed by atoms with E-state index in [9.17, 15) is 0 Å². The molecule has 0 spiro atoms. The largest absolute Gasteiger partial charge is 0.305 e. The minimum Gasteiger partial charge on any atom is -0.305 e. The van der Waals surface area contributed by atoms with Gasteiger partial charge < -0.3 is 13.7 Å². The first-order valence-electron chi connectivity index (χ1n) is 8.79. The SMILES string of the molecule is CN(C)[Si](CCP(c1ccccc1)c1ccccc1)(N(C)C)N(C)C. The Kier molecular flexibility index (Phi) is 7.35. The Morgan fingerprint density at radius 3 is 1.32 bits per heavy atom. The third-order valence-electron chi connectivity index (χ3n) is 4.96. The number of benzene rings is 2. The van der Waals surface area contributed by atoms with Crippen molar-refractivity contribution in [1.82, 2.24) is 13.7 Å². The summed E-state index contributed by atoms with van der Waals surface area (Å²) in [5.74, 6) is 0. The van der Waals surface area contributed by atoms with E-state index in [4.69, 9.17) is 0 Å². The fourth-order valence-electron chi connectivity index (χ4n) is 3.76. The maximum atomic E-state index is 2.47. The predicted octanol–water partition coefficient (Wildman–Crippen LogP) is 2.74. The van der Waals surface area contributed by atoms with E-state index in [1.165, 1.54) is 22.8 Å². The van der Waals surface area contributed by atoms with E-state index >= 15 is 0 Å². The molecule has 0 N–H and O–H groups in total. The van der Waals surface area contributed by atoms with Crippen LogP contribution in [0.1, 0.15) is 0 Å². The molecule has 0 unspecified atom stereocenters. The molecular formula is C20H32N3PSi. The fourth-order valence-corrected chi connectivity index (χ4v) is 11.5. The molecule has 25 heavy (non-hydrogen) atoms. The minimum atomic E-state index is -1.84. The van der Waals surface area contributed by atoms with E-state index in [0.29, 0.717) is 0 Å². The van der Waals surface area contributed by atoms with Crippen LogP contribution in [0.4, 0.5) is 0 Å². The van der Waals surface area contributed by atoms with E-state index in [1.54, 1.807) is 0 Å². The average molecular weight is 374 g/mol. The Bertz CT molecular complexity index is 571. The minimum absolute atomic E-state index is 0.335. The maximum absolute atomic E-state index is 2.47. The zero-order chi connectivity index (χ0) is 18.4. The lowest BCUT2D eigenvalue weighted by Crippen LogP contribution is -2.70. The first-order valence-corrected chi connectivity index (χ1v) is 12.4. The first kappa shape index (κ1) is 20.3. The van der Waals surface area contributed by atoms with Gasteiger partial charge in [-0.25, -0.2) is 0 Å². The molecule has 0 atom stereocenters. The number of hydrogen-bond acceptors (Lipinski definition) is 3. The molecule has 2 aromatic carbocycles. The van der Waals surface area contributed by atoms with Crippen molar-refractivity contribution in [2.75, 3.05) is 48.4 Å². The highest BCUT2D eigenvalue weighted by atomic mass is 31.1. The smallest absolute Gasteiger partial charge is 0.288 e. The Labute approximate surface area is 156 Å². The average Bonchev–Trinajstić information content (AvgIpc) is 2.59. The van der Waals surface area contributed by atoms with Gasteiger partial charge in [-0.3, -0.25) is 0 Å². The lowest BCUT2D eigenvalue weighted by atomic mass is 10.4. The van der Waals surface area contributed by atoms with Gasteiger partial charge in [0.2, 0.25) is 0 Å². The maximum Gasteiger partial charge on any atom is 0.288 e. The molecule has 0 radical (unpaired) electrons. The van der Waals surface area contributed by atoms with Crippen molar-refractivity contribution in [3.63, 3.8) is 0 Å². The molecule has 0 aliphatic heterocycles. The van der Waals surface area contributed by atoms with Crippen molar-refractivity contribution in [1.29, 1.82) is 0 Å². The van der Waals surface area contributed by atoms with Crippen molar-refractivity contribution >= 4 is 27.1 Å². The van der Waals surface area contributed by atoms with Crippen LogP contribution in [0.3, 0.4) is 0 Å². The van der Waals surface area contributed by atoms with Crippen molar-refractivity contribution in [2.24, 2.45) is 0 Å². The van der Waals surface area contributed by atoms with Crippen LogP contribution in [0.25, 0.3) is 0 Å². The van der Waals surface area contributed by atoms with E-state index in [0.717, 1.165) is 0 Å². The number of rotatable bonds is 8. The normalized spacial score (nSPS) is 12.6. The van der Waals surface area contributed by atoms with Gasteiger partial charge in [0.15, 0.2) is 0 Å². The van der Waals surface area contributed by atoms with Crippen molar-refractivity contribution in [3.05, 3.63) is 60.7 Å². The monoisotopic (exact) mass is 373 g/mol. The Balaban J connectivity index is 2.34. The van der Waals surface area contributed by atoms with Gasteiger partial charge >= 0.3 is 0 Å². The summed E-state index contributed by atoms with van der Waals surface area (Å²) in [5, 5.41) is 2.95. The Morgan fingerprint density at radius 1 is 0.640 bits per heavy atom. The third kappa shape index (κ3) is 4.58. The van der Waals surface area contributed by atoms with Gasteiger partial charge in [0.25, 0.3) is 8.56 Å². The Morgan fingerprint density at radius 2 is 1.00 bits per heavy atom. The molecule has 0 bridgehead atoms. The van der Waals surface area contributed by atoms with Gasteiger partial charge in [0.05, 0.1) is 0 Å². The standard InChI is InChI=1S/C20H32N3PSi/c1-21(2)25(22(3)4,23(5)6)18-17-24(19-13-9-7-10-14-19)20-15-11-8-12-16-20/h7-16H,17-18H2,1-6H3. The lowest BCUT2D eigenvalue weighted by Gasteiger charge is -2.47. The van der Waals surface area contributed by atoms with Crippen molar-refractivity contribution in [2.45, 2.75) is 6.04 Å². The summed E-state index contributed by atoms with van der Waals surface area (Å²) in [4.78, 5) is 0. The van der Waals surface area contributed by atoms with Crippen LogP contribution in [0, 0.1) is 0 Å². The van der Waals surface area contributed by atoms with E-state index < -0.39 is 8.56 Å². The van der Waals surface area contributed by atoms with Gasteiger partial charge in [0, 0.05) is 0 Å². The Hall–Kier alpha value is -1.03. The molecule has 2 rings (SSSR count). The molecule has 136 valence electrons. The molecular weight excluding hydrogens is 341 g/mol. The summed E-state index contributed by atoms with van der Waals surface area (Å²) in [6.07, 6.45) is 1.21. The van der Waals surface area contributed by atoms with Crippen molar-refractivity contribution < 1.29 is 0 Å². The lowest BCUT2D eigenvalue weighted by molar-refractivity contribution is 0.378. The molecule has 0 saturated carbocycles. The molecule has 0 aromatic heterocycles. The summed E-state index contributed by atoms with van der Waals surface area (Å²) in [6, 6.07) is 23.3. The first-order chi connectivity index (χ1) is 11.9. The molecule has 0 aliphatic carbocycles. The molecule has 0 amide bonds. The predicted molar refractivity (Wildman–Crippen MR) is 116 cm³/mol. The van der Waals surface area contributed by atoms with Gasteiger partial charge in [0.1, 0.15) is 0 Å². The molecule has 5 heteroatoms. The summed E-state index contributed by atoms with van der Waals surface area (Å²) < 4.78 is 7.41. The van der Waals surface area contributed by atoms with Crippen LogP contribution >= 0.6 is 7.92 Å². The molecule has 0 saturated heterocycles. The summed E-state index contributed by atoms with van der Waals surface area (Å²) in [7, 11) is 11.2. The molecule has 0 heterocycles. The number of hydrogen-bond donors (Lipinski definition) is 0. The van der Waals surface area contributed by atoms with E-state index in [2.05, 4.69) is 117 Å². The zero-order valence-corrected chi connectivity index (χ0v) is 18.4. The second kappa shape index (κ2) is 9.06. The summed E-state index contributed by atoms with van der Waals surface area (Å²) >= 11 is 0. The van der Waals surface area contributed by atoms with Gasteiger partial charge in [-0.05, 0) is 73.0 Å². The van der Waals surface area contributed by atoms with E-state index in [1.807, 2.05) is 0 Å². The van der Waals surface area contributed by atoms with Gasteiger partial charge in [-0.2, -0.15) is 0 Å². The highest BCUT2D eigenvalue weighted by Gasteiger charge is 2.42. The van der Waals surface area contributed by atoms with Crippen molar-refractivity contribution in [3.8, 4) is 0 Å². The third-order valence-corrected chi connectivity index (χ3v) is 13.1. The number of nitrogens with zero attached hydrogens (tertiary/aromatic N) is 3. The second-order valence-electron chi connectivity index (χ2n) is 7.03. The van der Waals surface area contributed by atoms with Crippen LogP contribution in [0.15, 0.2) is 60.7 Å². The van der Waals surface area contributed by atoms with E-state index in [-0.39, 0.29) is 7.92 Å². The molecule has 3 nitrogen and oxygen atoms in total. The highest BCUT2D eigenvalue weighted by molar-refractivity contribution is 7.73. The van der Waals surface area contributed by atoms with Crippen LogP contribution < -0.4 is 10.6 Å². The quantitative estimate of drug-likeness (QED) is 0.520. The highest BCUT2D eigenvalue weighted by Crippen LogP contribution is 2.37. The summed E-state index contributed by atoms with van der Waals surface area (Å²) in [5.41, 5.74) is 0. The second-order valence-corrected chi connectivity index (χ2v) is 14.1. The van der Waals surface area contributed by atoms with Crippen LogP contribution in [-0.4, -0.2) is 70.7 Å². The molecule has 2 aromatic rings. The topological polar surface area (TPSA) is 9.72 Å². The van der Waals surface area contributed by atoms with Crippen LogP contribution in [0.2, 0.25) is 6.04 Å². The van der Waals surface area contributed by atoms with Crippen LogP contribution in [0.5, 0.6) is 0 Å². The van der Waals surface area contributed by atoms with Crippen LogP contribution in [-0.2, 0) is 0 Å². The molecule has 0 aliphatic rings. The summed E-state index contributed by atoms with van der Waals surface area (Å²) in [6.45, 7) is 0.